The van der Waals surface area contributed by atoms with E-state index in [-0.39, 0.29) is 5.54 Å². The minimum Gasteiger partial charge on any atom is -0.306 e. The van der Waals surface area contributed by atoms with E-state index >= 15 is 0 Å². The van der Waals surface area contributed by atoms with Crippen LogP contribution < -0.4 is 5.32 Å². The third kappa shape index (κ3) is 2.78. The van der Waals surface area contributed by atoms with Gasteiger partial charge in [0, 0.05) is 18.3 Å². The van der Waals surface area contributed by atoms with E-state index in [1.165, 1.54) is 18.4 Å². The zero-order valence-electron chi connectivity index (χ0n) is 9.88. The standard InChI is InChI=1S/C13H20N2/c1-10-4-7-12(14-8-10)9-15-13(2,3)11-5-6-11/h4,7-8,11,15H,5-6,9H2,1-3H3. The van der Waals surface area contributed by atoms with Crippen molar-refractivity contribution in [1.29, 1.82) is 0 Å². The predicted molar refractivity (Wildman–Crippen MR) is 62.6 cm³/mol. The second kappa shape index (κ2) is 3.93. The molecular weight excluding hydrogens is 184 g/mol. The first-order valence-electron chi connectivity index (χ1n) is 5.74. The molecule has 82 valence electrons. The van der Waals surface area contributed by atoms with Crippen molar-refractivity contribution < 1.29 is 0 Å². The summed E-state index contributed by atoms with van der Waals surface area (Å²) in [6.45, 7) is 7.53. The Hall–Kier alpha value is -0.890. The van der Waals surface area contributed by atoms with E-state index in [1.807, 2.05) is 6.20 Å². The highest BCUT2D eigenvalue weighted by Gasteiger charge is 2.37. The molecule has 0 unspecified atom stereocenters. The van der Waals surface area contributed by atoms with Crippen molar-refractivity contribution >= 4 is 0 Å². The summed E-state index contributed by atoms with van der Waals surface area (Å²) in [4.78, 5) is 4.40. The van der Waals surface area contributed by atoms with Crippen molar-refractivity contribution in [2.24, 2.45) is 5.92 Å². The summed E-state index contributed by atoms with van der Waals surface area (Å²) in [5, 5.41) is 3.59. The van der Waals surface area contributed by atoms with Gasteiger partial charge in [-0.3, -0.25) is 4.98 Å². The van der Waals surface area contributed by atoms with Gasteiger partial charge in [0.05, 0.1) is 5.69 Å². The van der Waals surface area contributed by atoms with Crippen molar-refractivity contribution in [3.63, 3.8) is 0 Å². The molecule has 15 heavy (non-hydrogen) atoms. The van der Waals surface area contributed by atoms with Gasteiger partial charge in [-0.25, -0.2) is 0 Å². The van der Waals surface area contributed by atoms with Crippen LogP contribution in [0.15, 0.2) is 18.3 Å². The number of aryl methyl sites for hydroxylation is 1. The van der Waals surface area contributed by atoms with Crippen molar-refractivity contribution in [2.45, 2.75) is 45.7 Å². The summed E-state index contributed by atoms with van der Waals surface area (Å²) in [6, 6.07) is 4.22. The molecule has 2 nitrogen and oxygen atoms in total. The number of nitrogens with one attached hydrogen (secondary N) is 1. The van der Waals surface area contributed by atoms with Gasteiger partial charge in [-0.2, -0.15) is 0 Å². The average Bonchev–Trinajstić information content (AvgIpc) is 3.00. The number of hydrogen-bond acceptors (Lipinski definition) is 2. The third-order valence-corrected chi connectivity index (χ3v) is 3.30. The zero-order valence-corrected chi connectivity index (χ0v) is 9.88. The molecule has 2 heteroatoms. The van der Waals surface area contributed by atoms with E-state index < -0.39 is 0 Å². The Balaban J connectivity index is 1.89. The fourth-order valence-corrected chi connectivity index (χ4v) is 1.87. The van der Waals surface area contributed by atoms with Crippen LogP contribution in [0.4, 0.5) is 0 Å². The van der Waals surface area contributed by atoms with Gasteiger partial charge in [0.25, 0.3) is 0 Å². The molecule has 1 saturated carbocycles. The Morgan fingerprint density at radius 1 is 1.40 bits per heavy atom. The van der Waals surface area contributed by atoms with Crippen molar-refractivity contribution in [1.82, 2.24) is 10.3 Å². The highest BCUT2D eigenvalue weighted by atomic mass is 15.0. The average molecular weight is 204 g/mol. The Morgan fingerprint density at radius 2 is 2.13 bits per heavy atom. The molecule has 1 aromatic heterocycles. The van der Waals surface area contributed by atoms with E-state index in [1.54, 1.807) is 0 Å². The SMILES string of the molecule is Cc1ccc(CNC(C)(C)C2CC2)nc1. The molecule has 1 aliphatic carbocycles. The fourth-order valence-electron chi connectivity index (χ4n) is 1.87. The first-order valence-corrected chi connectivity index (χ1v) is 5.74. The van der Waals surface area contributed by atoms with Gasteiger partial charge in [-0.1, -0.05) is 6.07 Å². The molecule has 0 aliphatic heterocycles. The second-order valence-corrected chi connectivity index (χ2v) is 5.18. The summed E-state index contributed by atoms with van der Waals surface area (Å²) in [5.41, 5.74) is 2.63. The first-order chi connectivity index (χ1) is 7.08. The lowest BCUT2D eigenvalue weighted by Crippen LogP contribution is -2.40. The molecule has 1 fully saturated rings. The summed E-state index contributed by atoms with van der Waals surface area (Å²) >= 11 is 0. The Morgan fingerprint density at radius 3 is 2.67 bits per heavy atom. The lowest BCUT2D eigenvalue weighted by atomic mass is 9.99. The molecule has 1 heterocycles. The van der Waals surface area contributed by atoms with Gasteiger partial charge in [0.15, 0.2) is 0 Å². The van der Waals surface area contributed by atoms with Crippen molar-refractivity contribution in [2.75, 3.05) is 0 Å². The maximum Gasteiger partial charge on any atom is 0.0542 e. The summed E-state index contributed by atoms with van der Waals surface area (Å²) in [5.74, 6) is 0.864. The summed E-state index contributed by atoms with van der Waals surface area (Å²) < 4.78 is 0. The first kappa shape index (κ1) is 10.6. The molecule has 1 N–H and O–H groups in total. The van der Waals surface area contributed by atoms with Crippen LogP contribution in [0.2, 0.25) is 0 Å². The maximum absolute atomic E-state index is 4.40. The molecule has 0 bridgehead atoms. The topological polar surface area (TPSA) is 24.9 Å². The van der Waals surface area contributed by atoms with E-state index in [4.69, 9.17) is 0 Å². The number of hydrogen-bond donors (Lipinski definition) is 1. The molecule has 0 aromatic carbocycles. The molecule has 0 amide bonds. The van der Waals surface area contributed by atoms with Gasteiger partial charge < -0.3 is 5.32 Å². The fraction of sp³-hybridized carbons (Fsp3) is 0.615. The van der Waals surface area contributed by atoms with Crippen LogP contribution in [0.5, 0.6) is 0 Å². The molecule has 1 aliphatic rings. The van der Waals surface area contributed by atoms with Crippen LogP contribution in [0.25, 0.3) is 0 Å². The van der Waals surface area contributed by atoms with Gasteiger partial charge in [-0.15, -0.1) is 0 Å². The number of nitrogens with zero attached hydrogens (tertiary/aromatic N) is 1. The number of aromatic nitrogens is 1. The van der Waals surface area contributed by atoms with Crippen LogP contribution in [-0.2, 0) is 6.54 Å². The number of pyridine rings is 1. The Bertz CT molecular complexity index is 323. The lowest BCUT2D eigenvalue weighted by molar-refractivity contribution is 0.337. The van der Waals surface area contributed by atoms with Gasteiger partial charge in [0.1, 0.15) is 0 Å². The largest absolute Gasteiger partial charge is 0.306 e. The minimum atomic E-state index is 0.270. The zero-order chi connectivity index (χ0) is 10.9. The highest BCUT2D eigenvalue weighted by molar-refractivity contribution is 5.12. The normalized spacial score (nSPS) is 16.7. The van der Waals surface area contributed by atoms with Gasteiger partial charge in [-0.05, 0) is 51.2 Å². The van der Waals surface area contributed by atoms with E-state index in [0.29, 0.717) is 0 Å². The van der Waals surface area contributed by atoms with Crippen LogP contribution in [-0.4, -0.2) is 10.5 Å². The summed E-state index contributed by atoms with van der Waals surface area (Å²) in [6.07, 6.45) is 4.68. The Labute approximate surface area is 92.1 Å². The van der Waals surface area contributed by atoms with E-state index in [2.05, 4.69) is 43.2 Å². The summed E-state index contributed by atoms with van der Waals surface area (Å²) in [7, 11) is 0. The third-order valence-electron chi connectivity index (χ3n) is 3.30. The van der Waals surface area contributed by atoms with Crippen LogP contribution in [0.1, 0.15) is 37.9 Å². The van der Waals surface area contributed by atoms with Crippen LogP contribution >= 0.6 is 0 Å². The predicted octanol–water partition coefficient (Wildman–Crippen LogP) is 2.67. The van der Waals surface area contributed by atoms with Gasteiger partial charge >= 0.3 is 0 Å². The quantitative estimate of drug-likeness (QED) is 0.815. The molecule has 0 atom stereocenters. The highest BCUT2D eigenvalue weighted by Crippen LogP contribution is 2.39. The molecular formula is C13H20N2. The van der Waals surface area contributed by atoms with E-state index in [9.17, 15) is 0 Å². The molecule has 1 aromatic rings. The number of rotatable bonds is 4. The second-order valence-electron chi connectivity index (χ2n) is 5.18. The maximum atomic E-state index is 4.40. The van der Waals surface area contributed by atoms with Crippen molar-refractivity contribution in [3.8, 4) is 0 Å². The van der Waals surface area contributed by atoms with Gasteiger partial charge in [0.2, 0.25) is 0 Å². The monoisotopic (exact) mass is 204 g/mol. The van der Waals surface area contributed by atoms with Crippen LogP contribution in [0.3, 0.4) is 0 Å². The lowest BCUT2D eigenvalue weighted by Gasteiger charge is -2.26. The molecule has 0 radical (unpaired) electrons. The molecule has 0 saturated heterocycles. The van der Waals surface area contributed by atoms with E-state index in [0.717, 1.165) is 18.2 Å². The molecule has 2 rings (SSSR count). The van der Waals surface area contributed by atoms with Crippen molar-refractivity contribution in [3.05, 3.63) is 29.6 Å². The smallest absolute Gasteiger partial charge is 0.0542 e. The molecule has 0 spiro atoms. The minimum absolute atomic E-state index is 0.270. The van der Waals surface area contributed by atoms with Crippen LogP contribution in [0, 0.1) is 12.8 Å². The Kier molecular flexibility index (Phi) is 2.79.